The maximum absolute atomic E-state index is 6.20. The predicted molar refractivity (Wildman–Crippen MR) is 73.6 cm³/mol. The van der Waals surface area contributed by atoms with Crippen molar-refractivity contribution in [1.29, 1.82) is 0 Å². The number of nitrogens with zero attached hydrogens (tertiary/aromatic N) is 3. The predicted octanol–water partition coefficient (Wildman–Crippen LogP) is 2.87. The standard InChI is InChI=1S/C11H12Br2N4/c1-2-17-4-3-15-11(17)9(14)10-8(13)5-7(12)6-16-10/h3-6,9H,2,14H2,1H3. The van der Waals surface area contributed by atoms with Crippen LogP contribution in [0.4, 0.5) is 0 Å². The van der Waals surface area contributed by atoms with Crippen LogP contribution in [0.15, 0.2) is 33.6 Å². The van der Waals surface area contributed by atoms with E-state index in [0.717, 1.165) is 27.0 Å². The Balaban J connectivity index is 2.40. The average Bonchev–Trinajstić information content (AvgIpc) is 2.76. The Kier molecular flexibility index (Phi) is 3.96. The number of hydrogen-bond donors (Lipinski definition) is 1. The molecule has 0 bridgehead atoms. The van der Waals surface area contributed by atoms with Crippen molar-refractivity contribution >= 4 is 31.9 Å². The topological polar surface area (TPSA) is 56.7 Å². The maximum atomic E-state index is 6.20. The summed E-state index contributed by atoms with van der Waals surface area (Å²) < 4.78 is 3.81. The minimum absolute atomic E-state index is 0.326. The lowest BCUT2D eigenvalue weighted by atomic mass is 10.2. The number of halogens is 2. The van der Waals surface area contributed by atoms with Crippen molar-refractivity contribution in [3.8, 4) is 0 Å². The smallest absolute Gasteiger partial charge is 0.131 e. The van der Waals surface area contributed by atoms with Gasteiger partial charge in [0.2, 0.25) is 0 Å². The van der Waals surface area contributed by atoms with Gasteiger partial charge < -0.3 is 10.3 Å². The number of hydrogen-bond acceptors (Lipinski definition) is 3. The molecule has 0 aromatic carbocycles. The van der Waals surface area contributed by atoms with Crippen LogP contribution in [0.3, 0.4) is 0 Å². The van der Waals surface area contributed by atoms with E-state index < -0.39 is 0 Å². The highest BCUT2D eigenvalue weighted by molar-refractivity contribution is 9.11. The summed E-state index contributed by atoms with van der Waals surface area (Å²) in [5.41, 5.74) is 6.98. The molecule has 2 heterocycles. The van der Waals surface area contributed by atoms with Gasteiger partial charge in [-0.3, -0.25) is 4.98 Å². The van der Waals surface area contributed by atoms with Crippen LogP contribution in [0.1, 0.15) is 24.5 Å². The maximum Gasteiger partial charge on any atom is 0.131 e. The molecule has 0 saturated heterocycles. The third-order valence-electron chi connectivity index (χ3n) is 2.50. The second kappa shape index (κ2) is 5.29. The van der Waals surface area contributed by atoms with E-state index in [0.29, 0.717) is 0 Å². The fraction of sp³-hybridized carbons (Fsp3) is 0.273. The van der Waals surface area contributed by atoms with Crippen LogP contribution >= 0.6 is 31.9 Å². The molecular formula is C11H12Br2N4. The van der Waals surface area contributed by atoms with E-state index in [1.54, 1.807) is 12.4 Å². The highest BCUT2D eigenvalue weighted by Gasteiger charge is 2.18. The Hall–Kier alpha value is -0.720. The molecule has 0 amide bonds. The summed E-state index contributed by atoms with van der Waals surface area (Å²) in [6.45, 7) is 2.90. The monoisotopic (exact) mass is 358 g/mol. The minimum Gasteiger partial charge on any atom is -0.334 e. The molecule has 2 aromatic heterocycles. The molecule has 17 heavy (non-hydrogen) atoms. The zero-order valence-electron chi connectivity index (χ0n) is 9.27. The third-order valence-corrected chi connectivity index (χ3v) is 3.57. The van der Waals surface area contributed by atoms with Gasteiger partial charge in [0.15, 0.2) is 0 Å². The molecule has 2 aromatic rings. The minimum atomic E-state index is -0.326. The fourth-order valence-electron chi connectivity index (χ4n) is 1.64. The zero-order chi connectivity index (χ0) is 12.4. The lowest BCUT2D eigenvalue weighted by molar-refractivity contribution is 0.645. The SMILES string of the molecule is CCn1ccnc1C(N)c1ncc(Br)cc1Br. The Bertz CT molecular complexity index is 524. The Morgan fingerprint density at radius 1 is 1.41 bits per heavy atom. The van der Waals surface area contributed by atoms with Gasteiger partial charge >= 0.3 is 0 Å². The molecule has 0 aliphatic rings. The van der Waals surface area contributed by atoms with Gasteiger partial charge in [-0.05, 0) is 44.8 Å². The summed E-state index contributed by atoms with van der Waals surface area (Å²) in [4.78, 5) is 8.63. The first-order valence-electron chi connectivity index (χ1n) is 5.21. The average molecular weight is 360 g/mol. The highest BCUT2D eigenvalue weighted by atomic mass is 79.9. The van der Waals surface area contributed by atoms with Crippen LogP contribution in [0.5, 0.6) is 0 Å². The molecule has 1 atom stereocenters. The third kappa shape index (κ3) is 2.59. The van der Waals surface area contributed by atoms with Gasteiger partial charge in [0.05, 0.1) is 5.69 Å². The van der Waals surface area contributed by atoms with E-state index in [1.807, 2.05) is 16.8 Å². The lowest BCUT2D eigenvalue weighted by Crippen LogP contribution is -2.19. The first-order chi connectivity index (χ1) is 8.13. The molecule has 0 aliphatic heterocycles. The Labute approximate surface area is 117 Å². The van der Waals surface area contributed by atoms with E-state index in [-0.39, 0.29) is 6.04 Å². The fourth-order valence-corrected chi connectivity index (χ4v) is 2.88. The van der Waals surface area contributed by atoms with E-state index in [9.17, 15) is 0 Å². The molecule has 1 unspecified atom stereocenters. The van der Waals surface area contributed by atoms with Gasteiger partial charge in [0.1, 0.15) is 11.9 Å². The number of imidazole rings is 1. The first kappa shape index (κ1) is 12.7. The number of aryl methyl sites for hydroxylation is 1. The lowest BCUT2D eigenvalue weighted by Gasteiger charge is -2.14. The largest absolute Gasteiger partial charge is 0.334 e. The van der Waals surface area contributed by atoms with Gasteiger partial charge in [0, 0.05) is 34.1 Å². The van der Waals surface area contributed by atoms with Crippen LogP contribution in [-0.2, 0) is 6.54 Å². The normalized spacial score (nSPS) is 12.7. The van der Waals surface area contributed by atoms with Gasteiger partial charge in [-0.1, -0.05) is 0 Å². The summed E-state index contributed by atoms with van der Waals surface area (Å²) >= 11 is 6.84. The number of rotatable bonds is 3. The molecule has 0 spiro atoms. The van der Waals surface area contributed by atoms with Crippen molar-refractivity contribution in [3.63, 3.8) is 0 Å². The van der Waals surface area contributed by atoms with Crippen LogP contribution in [0.2, 0.25) is 0 Å². The van der Waals surface area contributed by atoms with E-state index >= 15 is 0 Å². The second-order valence-corrected chi connectivity index (χ2v) is 5.34. The molecule has 0 aliphatic carbocycles. The highest BCUT2D eigenvalue weighted by Crippen LogP contribution is 2.26. The van der Waals surface area contributed by atoms with Crippen molar-refractivity contribution in [3.05, 3.63) is 45.1 Å². The first-order valence-corrected chi connectivity index (χ1v) is 6.79. The van der Waals surface area contributed by atoms with Crippen molar-refractivity contribution in [2.75, 3.05) is 0 Å². The molecule has 2 N–H and O–H groups in total. The van der Waals surface area contributed by atoms with Crippen molar-refractivity contribution < 1.29 is 0 Å². The molecule has 0 fully saturated rings. The molecular weight excluding hydrogens is 348 g/mol. The number of pyridine rings is 1. The second-order valence-electron chi connectivity index (χ2n) is 3.57. The van der Waals surface area contributed by atoms with Crippen molar-refractivity contribution in [2.24, 2.45) is 5.73 Å². The van der Waals surface area contributed by atoms with Crippen LogP contribution in [0.25, 0.3) is 0 Å². The van der Waals surface area contributed by atoms with E-state index in [1.165, 1.54) is 0 Å². The molecule has 0 saturated carbocycles. The van der Waals surface area contributed by atoms with Gasteiger partial charge in [-0.2, -0.15) is 0 Å². The summed E-state index contributed by atoms with van der Waals surface area (Å²) in [5, 5.41) is 0. The quantitative estimate of drug-likeness (QED) is 0.916. The van der Waals surface area contributed by atoms with Crippen molar-refractivity contribution in [2.45, 2.75) is 19.5 Å². The zero-order valence-corrected chi connectivity index (χ0v) is 12.4. The molecule has 90 valence electrons. The van der Waals surface area contributed by atoms with Crippen LogP contribution < -0.4 is 5.73 Å². The van der Waals surface area contributed by atoms with Crippen LogP contribution in [-0.4, -0.2) is 14.5 Å². The van der Waals surface area contributed by atoms with Gasteiger partial charge in [-0.25, -0.2) is 4.98 Å². The molecule has 4 nitrogen and oxygen atoms in total. The summed E-state index contributed by atoms with van der Waals surface area (Å²) in [5.74, 6) is 0.822. The van der Waals surface area contributed by atoms with E-state index in [2.05, 4.69) is 48.8 Å². The summed E-state index contributed by atoms with van der Waals surface area (Å²) in [6, 6.07) is 1.61. The van der Waals surface area contributed by atoms with Gasteiger partial charge in [0.25, 0.3) is 0 Å². The molecule has 2 rings (SSSR count). The molecule has 0 radical (unpaired) electrons. The summed E-state index contributed by atoms with van der Waals surface area (Å²) in [6.07, 6.45) is 5.41. The molecule has 6 heteroatoms. The number of aromatic nitrogens is 3. The van der Waals surface area contributed by atoms with Gasteiger partial charge in [-0.15, -0.1) is 0 Å². The number of nitrogens with two attached hydrogens (primary N) is 1. The van der Waals surface area contributed by atoms with E-state index in [4.69, 9.17) is 5.73 Å². The summed E-state index contributed by atoms with van der Waals surface area (Å²) in [7, 11) is 0. The Morgan fingerprint density at radius 2 is 2.18 bits per heavy atom. The Morgan fingerprint density at radius 3 is 2.82 bits per heavy atom. The van der Waals surface area contributed by atoms with Crippen molar-refractivity contribution in [1.82, 2.24) is 14.5 Å². The van der Waals surface area contributed by atoms with Crippen LogP contribution in [0, 0.1) is 0 Å².